The number of furan rings is 1. The smallest absolute Gasteiger partial charge is 0.229 e. The van der Waals surface area contributed by atoms with Crippen LogP contribution < -0.4 is 0 Å². The maximum absolute atomic E-state index is 12.2. The minimum Gasteiger partial charge on any atom is -0.453 e. The highest BCUT2D eigenvalue weighted by molar-refractivity contribution is 6.05. The molecule has 1 aromatic carbocycles. The van der Waals surface area contributed by atoms with Crippen molar-refractivity contribution in [1.82, 2.24) is 4.90 Å². The second-order valence-electron chi connectivity index (χ2n) is 5.46. The average molecular weight is 285 g/mol. The van der Waals surface area contributed by atoms with E-state index in [2.05, 4.69) is 0 Å². The molecule has 0 radical (unpaired) electrons. The number of rotatable bonds is 3. The van der Waals surface area contributed by atoms with Gasteiger partial charge in [-0.05, 0) is 18.1 Å². The summed E-state index contributed by atoms with van der Waals surface area (Å²) in [6.45, 7) is 1.61. The monoisotopic (exact) mass is 285 g/mol. The molecule has 0 bridgehead atoms. The van der Waals surface area contributed by atoms with Crippen molar-refractivity contribution in [2.75, 3.05) is 6.54 Å². The first-order valence-corrected chi connectivity index (χ1v) is 6.89. The molecule has 1 fully saturated rings. The van der Waals surface area contributed by atoms with Crippen molar-refractivity contribution in [2.45, 2.75) is 19.8 Å². The van der Waals surface area contributed by atoms with E-state index >= 15 is 0 Å². The number of nitrogens with zero attached hydrogens (tertiary/aromatic N) is 1. The van der Waals surface area contributed by atoms with Crippen LogP contribution >= 0.6 is 0 Å². The normalized spacial score (nSPS) is 16.7. The number of likely N-dealkylation sites (tertiary alicyclic amines) is 1. The van der Waals surface area contributed by atoms with Crippen LogP contribution in [-0.2, 0) is 9.59 Å². The molecule has 3 rings (SSSR count). The molecular weight excluding hydrogens is 270 g/mol. The number of hydrogen-bond acceptors (Lipinski definition) is 4. The molecular formula is C16H15NO4. The van der Waals surface area contributed by atoms with Gasteiger partial charge in [0.25, 0.3) is 0 Å². The Labute approximate surface area is 121 Å². The van der Waals surface area contributed by atoms with Crippen LogP contribution in [-0.4, -0.2) is 29.0 Å². The maximum atomic E-state index is 12.2. The Kier molecular flexibility index (Phi) is 3.33. The second-order valence-corrected chi connectivity index (χ2v) is 5.46. The van der Waals surface area contributed by atoms with E-state index in [0.717, 1.165) is 10.3 Å². The molecule has 1 aromatic heterocycles. The van der Waals surface area contributed by atoms with E-state index in [4.69, 9.17) is 4.42 Å². The number of imide groups is 1. The van der Waals surface area contributed by atoms with E-state index in [9.17, 15) is 14.4 Å². The molecule has 108 valence electrons. The second kappa shape index (κ2) is 5.16. The summed E-state index contributed by atoms with van der Waals surface area (Å²) in [5.74, 6) is -0.716. The number of piperidine rings is 1. The van der Waals surface area contributed by atoms with E-state index in [1.54, 1.807) is 12.1 Å². The van der Waals surface area contributed by atoms with Gasteiger partial charge in [-0.2, -0.15) is 0 Å². The third-order valence-electron chi connectivity index (χ3n) is 3.65. The fourth-order valence-corrected chi connectivity index (χ4v) is 2.55. The van der Waals surface area contributed by atoms with Crippen molar-refractivity contribution >= 4 is 28.6 Å². The van der Waals surface area contributed by atoms with Crippen molar-refractivity contribution < 1.29 is 18.8 Å². The minimum absolute atomic E-state index is 0.0440. The standard InChI is InChI=1S/C16H15NO4/c1-10-6-15(19)17(16(20)7-10)9-12(18)14-8-11-4-2-3-5-13(11)21-14/h2-5,8,10H,6-7,9H2,1H3. The van der Waals surface area contributed by atoms with Crippen molar-refractivity contribution in [1.29, 1.82) is 0 Å². The first-order valence-electron chi connectivity index (χ1n) is 6.89. The molecule has 5 nitrogen and oxygen atoms in total. The molecule has 0 aliphatic carbocycles. The van der Waals surface area contributed by atoms with Gasteiger partial charge in [0.1, 0.15) is 5.58 Å². The molecule has 0 saturated carbocycles. The van der Waals surface area contributed by atoms with E-state index in [0.29, 0.717) is 18.4 Å². The first-order chi connectivity index (χ1) is 10.0. The molecule has 1 aliphatic heterocycles. The van der Waals surface area contributed by atoms with Crippen LogP contribution in [0.25, 0.3) is 11.0 Å². The van der Waals surface area contributed by atoms with Crippen LogP contribution in [0, 0.1) is 5.92 Å². The van der Waals surface area contributed by atoms with Crippen molar-refractivity contribution in [2.24, 2.45) is 5.92 Å². The van der Waals surface area contributed by atoms with Crippen LogP contribution in [0.3, 0.4) is 0 Å². The predicted octanol–water partition coefficient (Wildman–Crippen LogP) is 2.40. The molecule has 21 heavy (non-hydrogen) atoms. The lowest BCUT2D eigenvalue weighted by atomic mass is 9.97. The SMILES string of the molecule is CC1CC(=O)N(CC(=O)c2cc3ccccc3o2)C(=O)C1. The topological polar surface area (TPSA) is 67.6 Å². The van der Waals surface area contributed by atoms with Gasteiger partial charge in [0, 0.05) is 18.2 Å². The Balaban J connectivity index is 1.79. The summed E-state index contributed by atoms with van der Waals surface area (Å²) in [7, 11) is 0. The van der Waals surface area contributed by atoms with Gasteiger partial charge in [0.2, 0.25) is 17.6 Å². The number of ketones is 1. The fraction of sp³-hybridized carbons (Fsp3) is 0.312. The summed E-state index contributed by atoms with van der Waals surface area (Å²) < 4.78 is 5.46. The summed E-state index contributed by atoms with van der Waals surface area (Å²) in [6.07, 6.45) is 0.609. The van der Waals surface area contributed by atoms with Gasteiger partial charge in [-0.1, -0.05) is 25.1 Å². The highest BCUT2D eigenvalue weighted by Gasteiger charge is 2.32. The third-order valence-corrected chi connectivity index (χ3v) is 3.65. The molecule has 0 spiro atoms. The number of hydrogen-bond donors (Lipinski definition) is 0. The lowest BCUT2D eigenvalue weighted by Gasteiger charge is -2.27. The molecule has 0 unspecified atom stereocenters. The number of carbonyl (C=O) groups is 3. The van der Waals surface area contributed by atoms with Gasteiger partial charge in [-0.15, -0.1) is 0 Å². The zero-order valence-electron chi connectivity index (χ0n) is 11.7. The van der Waals surface area contributed by atoms with E-state index in [-0.39, 0.29) is 35.8 Å². The Morgan fingerprint density at radius 3 is 2.57 bits per heavy atom. The molecule has 0 atom stereocenters. The average Bonchev–Trinajstić information content (AvgIpc) is 2.86. The third kappa shape index (κ3) is 2.59. The summed E-state index contributed by atoms with van der Waals surface area (Å²) in [5.41, 5.74) is 0.616. The summed E-state index contributed by atoms with van der Waals surface area (Å²) in [4.78, 5) is 37.0. The fourth-order valence-electron chi connectivity index (χ4n) is 2.55. The summed E-state index contributed by atoms with van der Waals surface area (Å²) in [6, 6.07) is 8.92. The van der Waals surface area contributed by atoms with Crippen LogP contribution in [0.5, 0.6) is 0 Å². The molecule has 2 amide bonds. The maximum Gasteiger partial charge on any atom is 0.229 e. The molecule has 2 heterocycles. The van der Waals surface area contributed by atoms with Crippen LogP contribution in [0.4, 0.5) is 0 Å². The number of amides is 2. The highest BCUT2D eigenvalue weighted by Crippen LogP contribution is 2.22. The first kappa shape index (κ1) is 13.5. The molecule has 2 aromatic rings. The van der Waals surface area contributed by atoms with E-state index in [1.165, 1.54) is 0 Å². The van der Waals surface area contributed by atoms with Crippen molar-refractivity contribution in [3.63, 3.8) is 0 Å². The Bertz CT molecular complexity index is 680. The van der Waals surface area contributed by atoms with Gasteiger partial charge in [-0.25, -0.2) is 0 Å². The van der Waals surface area contributed by atoms with E-state index in [1.807, 2.05) is 25.1 Å². The molecule has 1 aliphatic rings. The quantitative estimate of drug-likeness (QED) is 0.641. The summed E-state index contributed by atoms with van der Waals surface area (Å²) in [5, 5.41) is 0.825. The van der Waals surface area contributed by atoms with Crippen LogP contribution in [0.1, 0.15) is 30.3 Å². The lowest BCUT2D eigenvalue weighted by Crippen LogP contribution is -2.45. The Morgan fingerprint density at radius 2 is 1.90 bits per heavy atom. The summed E-state index contributed by atoms with van der Waals surface area (Å²) >= 11 is 0. The molecule has 1 saturated heterocycles. The zero-order valence-corrected chi connectivity index (χ0v) is 11.7. The van der Waals surface area contributed by atoms with Gasteiger partial charge >= 0.3 is 0 Å². The number of Topliss-reactive ketones (excluding diaryl/α,β-unsaturated/α-hetero) is 1. The van der Waals surface area contributed by atoms with Gasteiger partial charge < -0.3 is 4.42 Å². The van der Waals surface area contributed by atoms with Crippen molar-refractivity contribution in [3.8, 4) is 0 Å². The Morgan fingerprint density at radius 1 is 1.24 bits per heavy atom. The number of para-hydroxylation sites is 1. The number of carbonyl (C=O) groups excluding carboxylic acids is 3. The number of benzene rings is 1. The zero-order chi connectivity index (χ0) is 15.0. The van der Waals surface area contributed by atoms with Gasteiger partial charge in [0.15, 0.2) is 5.76 Å². The number of fused-ring (bicyclic) bond motifs is 1. The molecule has 5 heteroatoms. The van der Waals surface area contributed by atoms with Crippen LogP contribution in [0.15, 0.2) is 34.7 Å². The predicted molar refractivity (Wildman–Crippen MR) is 75.7 cm³/mol. The molecule has 0 N–H and O–H groups in total. The van der Waals surface area contributed by atoms with Crippen LogP contribution in [0.2, 0.25) is 0 Å². The largest absolute Gasteiger partial charge is 0.453 e. The Hall–Kier alpha value is -2.43. The van der Waals surface area contributed by atoms with Gasteiger partial charge in [-0.3, -0.25) is 19.3 Å². The minimum atomic E-state index is -0.359. The lowest BCUT2D eigenvalue weighted by molar-refractivity contribution is -0.149. The highest BCUT2D eigenvalue weighted by atomic mass is 16.3. The van der Waals surface area contributed by atoms with Crippen molar-refractivity contribution in [3.05, 3.63) is 36.1 Å². The van der Waals surface area contributed by atoms with Gasteiger partial charge in [0.05, 0.1) is 6.54 Å². The van der Waals surface area contributed by atoms with E-state index < -0.39 is 0 Å².